The van der Waals surface area contributed by atoms with E-state index in [1.807, 2.05) is 24.3 Å². The molecule has 1 atom stereocenters. The maximum atomic E-state index is 5.95. The van der Waals surface area contributed by atoms with E-state index in [1.165, 1.54) is 16.7 Å². The van der Waals surface area contributed by atoms with Crippen LogP contribution in [0.4, 0.5) is 0 Å². The van der Waals surface area contributed by atoms with Crippen LogP contribution in [0.1, 0.15) is 37.0 Å². The minimum atomic E-state index is 0.512. The standard InChI is InChI=1S/C20H27NO2/c1-5-16(3)21-13-17-10-11-19(20(12-17)22-4)23-14-18-9-7-6-8-15(18)2/h6-12,16,21H,5,13-14H2,1-4H3. The number of benzene rings is 2. The molecule has 0 aromatic heterocycles. The average Bonchev–Trinajstić information content (AvgIpc) is 2.59. The van der Waals surface area contributed by atoms with E-state index >= 15 is 0 Å². The van der Waals surface area contributed by atoms with Gasteiger partial charge in [-0.1, -0.05) is 37.3 Å². The summed E-state index contributed by atoms with van der Waals surface area (Å²) in [6, 6.07) is 14.9. The second-order valence-electron chi connectivity index (χ2n) is 5.89. The summed E-state index contributed by atoms with van der Waals surface area (Å²) in [5.74, 6) is 1.56. The highest BCUT2D eigenvalue weighted by molar-refractivity contribution is 5.43. The van der Waals surface area contributed by atoms with Gasteiger partial charge in [-0.25, -0.2) is 0 Å². The van der Waals surface area contributed by atoms with Gasteiger partial charge >= 0.3 is 0 Å². The average molecular weight is 313 g/mol. The van der Waals surface area contributed by atoms with Crippen LogP contribution in [0.5, 0.6) is 11.5 Å². The van der Waals surface area contributed by atoms with Crippen molar-refractivity contribution < 1.29 is 9.47 Å². The van der Waals surface area contributed by atoms with E-state index < -0.39 is 0 Å². The fraction of sp³-hybridized carbons (Fsp3) is 0.400. The fourth-order valence-corrected chi connectivity index (χ4v) is 2.31. The molecular weight excluding hydrogens is 286 g/mol. The molecule has 0 aliphatic carbocycles. The third-order valence-electron chi connectivity index (χ3n) is 4.14. The number of rotatable bonds is 8. The molecule has 0 saturated heterocycles. The van der Waals surface area contributed by atoms with E-state index in [-0.39, 0.29) is 0 Å². The Kier molecular flexibility index (Phi) is 6.48. The largest absolute Gasteiger partial charge is 0.493 e. The zero-order valence-corrected chi connectivity index (χ0v) is 14.6. The molecule has 0 amide bonds. The van der Waals surface area contributed by atoms with Crippen LogP contribution < -0.4 is 14.8 Å². The first kappa shape index (κ1) is 17.4. The van der Waals surface area contributed by atoms with Crippen molar-refractivity contribution in [3.8, 4) is 11.5 Å². The summed E-state index contributed by atoms with van der Waals surface area (Å²) >= 11 is 0. The molecule has 0 heterocycles. The molecule has 2 rings (SSSR count). The van der Waals surface area contributed by atoms with Gasteiger partial charge in [0, 0.05) is 12.6 Å². The topological polar surface area (TPSA) is 30.5 Å². The zero-order chi connectivity index (χ0) is 16.7. The van der Waals surface area contributed by atoms with Crippen molar-refractivity contribution in [2.75, 3.05) is 7.11 Å². The van der Waals surface area contributed by atoms with E-state index in [0.29, 0.717) is 12.6 Å². The number of aryl methyl sites for hydroxylation is 1. The second-order valence-corrected chi connectivity index (χ2v) is 5.89. The molecule has 1 N–H and O–H groups in total. The summed E-state index contributed by atoms with van der Waals surface area (Å²) in [6.07, 6.45) is 1.12. The highest BCUT2D eigenvalue weighted by Gasteiger charge is 2.08. The zero-order valence-electron chi connectivity index (χ0n) is 14.6. The molecule has 0 spiro atoms. The van der Waals surface area contributed by atoms with Gasteiger partial charge in [0.25, 0.3) is 0 Å². The maximum absolute atomic E-state index is 5.95. The van der Waals surface area contributed by atoms with E-state index in [2.05, 4.69) is 44.3 Å². The molecule has 124 valence electrons. The van der Waals surface area contributed by atoms with Crippen LogP contribution in [-0.4, -0.2) is 13.2 Å². The summed E-state index contributed by atoms with van der Waals surface area (Å²) in [4.78, 5) is 0. The summed E-state index contributed by atoms with van der Waals surface area (Å²) < 4.78 is 11.4. The van der Waals surface area contributed by atoms with Crippen LogP contribution in [0.15, 0.2) is 42.5 Å². The Hall–Kier alpha value is -2.00. The maximum Gasteiger partial charge on any atom is 0.161 e. The molecule has 1 unspecified atom stereocenters. The molecule has 0 aliphatic rings. The van der Waals surface area contributed by atoms with E-state index in [1.54, 1.807) is 7.11 Å². The van der Waals surface area contributed by atoms with Crippen molar-refractivity contribution in [2.45, 2.75) is 46.4 Å². The number of methoxy groups -OCH3 is 1. The summed E-state index contributed by atoms with van der Waals surface area (Å²) in [7, 11) is 1.68. The predicted octanol–water partition coefficient (Wildman–Crippen LogP) is 4.47. The normalized spacial score (nSPS) is 12.0. The number of hydrogen-bond donors (Lipinski definition) is 1. The van der Waals surface area contributed by atoms with E-state index in [0.717, 1.165) is 24.5 Å². The van der Waals surface area contributed by atoms with Gasteiger partial charge in [0.1, 0.15) is 6.61 Å². The van der Waals surface area contributed by atoms with Gasteiger partial charge in [-0.05, 0) is 49.1 Å². The Morgan fingerprint density at radius 2 is 1.87 bits per heavy atom. The first-order chi connectivity index (χ1) is 11.1. The lowest BCUT2D eigenvalue weighted by Crippen LogP contribution is -2.24. The van der Waals surface area contributed by atoms with Crippen molar-refractivity contribution in [2.24, 2.45) is 0 Å². The highest BCUT2D eigenvalue weighted by atomic mass is 16.5. The molecule has 23 heavy (non-hydrogen) atoms. The molecule has 2 aromatic rings. The van der Waals surface area contributed by atoms with Gasteiger partial charge in [-0.15, -0.1) is 0 Å². The summed E-state index contributed by atoms with van der Waals surface area (Å²) in [5, 5.41) is 3.49. The molecular formula is C20H27NO2. The molecule has 0 bridgehead atoms. The predicted molar refractivity (Wildman–Crippen MR) is 95.1 cm³/mol. The molecule has 0 aliphatic heterocycles. The van der Waals surface area contributed by atoms with Crippen LogP contribution in [0, 0.1) is 6.92 Å². The van der Waals surface area contributed by atoms with Crippen molar-refractivity contribution in [1.29, 1.82) is 0 Å². The minimum absolute atomic E-state index is 0.512. The van der Waals surface area contributed by atoms with Gasteiger partial charge in [-0.3, -0.25) is 0 Å². The van der Waals surface area contributed by atoms with E-state index in [9.17, 15) is 0 Å². The fourth-order valence-electron chi connectivity index (χ4n) is 2.31. The van der Waals surface area contributed by atoms with Gasteiger partial charge in [0.2, 0.25) is 0 Å². The smallest absolute Gasteiger partial charge is 0.161 e. The number of ether oxygens (including phenoxy) is 2. The monoisotopic (exact) mass is 313 g/mol. The molecule has 0 saturated carbocycles. The Balaban J connectivity index is 2.03. The second kappa shape index (κ2) is 8.59. The summed E-state index contributed by atoms with van der Waals surface area (Å²) in [6.45, 7) is 7.86. The van der Waals surface area contributed by atoms with Crippen molar-refractivity contribution >= 4 is 0 Å². The molecule has 0 radical (unpaired) electrons. The molecule has 0 fully saturated rings. The van der Waals surface area contributed by atoms with Gasteiger partial charge in [0.15, 0.2) is 11.5 Å². The molecule has 2 aromatic carbocycles. The van der Waals surface area contributed by atoms with Crippen LogP contribution in [0.2, 0.25) is 0 Å². The lowest BCUT2D eigenvalue weighted by Gasteiger charge is -2.15. The van der Waals surface area contributed by atoms with Gasteiger partial charge in [0.05, 0.1) is 7.11 Å². The molecule has 3 nitrogen and oxygen atoms in total. The van der Waals surface area contributed by atoms with Crippen LogP contribution in [-0.2, 0) is 13.2 Å². The van der Waals surface area contributed by atoms with Crippen LogP contribution in [0.25, 0.3) is 0 Å². The van der Waals surface area contributed by atoms with Gasteiger partial charge in [-0.2, -0.15) is 0 Å². The van der Waals surface area contributed by atoms with Crippen molar-refractivity contribution in [1.82, 2.24) is 5.32 Å². The Morgan fingerprint density at radius 3 is 2.57 bits per heavy atom. The number of hydrogen-bond acceptors (Lipinski definition) is 3. The van der Waals surface area contributed by atoms with Crippen LogP contribution in [0.3, 0.4) is 0 Å². The molecule has 3 heteroatoms. The number of nitrogens with one attached hydrogen (secondary N) is 1. The minimum Gasteiger partial charge on any atom is -0.493 e. The lowest BCUT2D eigenvalue weighted by atomic mass is 10.1. The Morgan fingerprint density at radius 1 is 1.09 bits per heavy atom. The Labute approximate surface area is 139 Å². The quantitative estimate of drug-likeness (QED) is 0.780. The SMILES string of the molecule is CCC(C)NCc1ccc(OCc2ccccc2C)c(OC)c1. The third-order valence-corrected chi connectivity index (χ3v) is 4.14. The highest BCUT2D eigenvalue weighted by Crippen LogP contribution is 2.29. The van der Waals surface area contributed by atoms with Crippen LogP contribution >= 0.6 is 0 Å². The van der Waals surface area contributed by atoms with Gasteiger partial charge < -0.3 is 14.8 Å². The third kappa shape index (κ3) is 5.00. The first-order valence-electron chi connectivity index (χ1n) is 8.21. The Bertz CT molecular complexity index is 625. The van der Waals surface area contributed by atoms with Crippen molar-refractivity contribution in [3.63, 3.8) is 0 Å². The lowest BCUT2D eigenvalue weighted by molar-refractivity contribution is 0.283. The first-order valence-corrected chi connectivity index (χ1v) is 8.21. The van der Waals surface area contributed by atoms with E-state index in [4.69, 9.17) is 9.47 Å². The summed E-state index contributed by atoms with van der Waals surface area (Å²) in [5.41, 5.74) is 3.63. The van der Waals surface area contributed by atoms with Crippen molar-refractivity contribution in [3.05, 3.63) is 59.2 Å².